The second kappa shape index (κ2) is 5.39. The van der Waals surface area contributed by atoms with E-state index in [1.807, 2.05) is 6.92 Å². The van der Waals surface area contributed by atoms with Gasteiger partial charge in [0.05, 0.1) is 24.6 Å². The molecule has 5 nitrogen and oxygen atoms in total. The third-order valence-electron chi connectivity index (χ3n) is 2.54. The fourth-order valence-corrected chi connectivity index (χ4v) is 1.58. The lowest BCUT2D eigenvalue weighted by atomic mass is 10.2. The molecule has 0 saturated heterocycles. The van der Waals surface area contributed by atoms with Crippen LogP contribution in [0.3, 0.4) is 0 Å². The molecule has 2 aromatic rings. The SMILES string of the molecule is COC(=O)c1ccc(Oc2ncc(N)cc2C)cc1. The smallest absolute Gasteiger partial charge is 0.337 e. The van der Waals surface area contributed by atoms with Crippen molar-refractivity contribution < 1.29 is 14.3 Å². The maximum absolute atomic E-state index is 11.3. The number of nitrogen functional groups attached to an aromatic ring is 1. The Morgan fingerprint density at radius 2 is 1.95 bits per heavy atom. The number of pyridine rings is 1. The summed E-state index contributed by atoms with van der Waals surface area (Å²) in [5.74, 6) is 0.696. The van der Waals surface area contributed by atoms with E-state index in [0.29, 0.717) is 22.9 Å². The van der Waals surface area contributed by atoms with Crippen LogP contribution in [-0.4, -0.2) is 18.1 Å². The van der Waals surface area contributed by atoms with E-state index in [0.717, 1.165) is 5.56 Å². The Morgan fingerprint density at radius 1 is 1.26 bits per heavy atom. The molecule has 0 spiro atoms. The summed E-state index contributed by atoms with van der Waals surface area (Å²) in [5, 5.41) is 0. The third kappa shape index (κ3) is 3.01. The molecule has 0 amide bonds. The van der Waals surface area contributed by atoms with Crippen LogP contribution < -0.4 is 10.5 Å². The monoisotopic (exact) mass is 258 g/mol. The Morgan fingerprint density at radius 3 is 2.53 bits per heavy atom. The quantitative estimate of drug-likeness (QED) is 0.856. The van der Waals surface area contributed by atoms with Gasteiger partial charge in [-0.05, 0) is 37.3 Å². The number of hydrogen-bond donors (Lipinski definition) is 1. The predicted molar refractivity (Wildman–Crippen MR) is 71.2 cm³/mol. The van der Waals surface area contributed by atoms with Crippen LogP contribution in [0, 0.1) is 6.92 Å². The largest absolute Gasteiger partial charge is 0.465 e. The van der Waals surface area contributed by atoms with Crippen LogP contribution in [-0.2, 0) is 4.74 Å². The van der Waals surface area contributed by atoms with E-state index in [4.69, 9.17) is 10.5 Å². The van der Waals surface area contributed by atoms with Crippen molar-refractivity contribution in [1.29, 1.82) is 0 Å². The predicted octanol–water partition coefficient (Wildman–Crippen LogP) is 2.55. The van der Waals surface area contributed by atoms with E-state index in [2.05, 4.69) is 9.72 Å². The number of ether oxygens (including phenoxy) is 2. The van der Waals surface area contributed by atoms with Gasteiger partial charge in [-0.2, -0.15) is 0 Å². The third-order valence-corrected chi connectivity index (χ3v) is 2.54. The average molecular weight is 258 g/mol. The van der Waals surface area contributed by atoms with Gasteiger partial charge in [0.25, 0.3) is 0 Å². The van der Waals surface area contributed by atoms with Gasteiger partial charge in [-0.1, -0.05) is 0 Å². The molecule has 2 rings (SSSR count). The number of anilines is 1. The number of benzene rings is 1. The number of methoxy groups -OCH3 is 1. The first-order valence-corrected chi connectivity index (χ1v) is 5.68. The van der Waals surface area contributed by atoms with Crippen LogP contribution in [0.15, 0.2) is 36.5 Å². The first-order chi connectivity index (χ1) is 9.10. The van der Waals surface area contributed by atoms with Crippen molar-refractivity contribution in [2.24, 2.45) is 0 Å². The Kier molecular flexibility index (Phi) is 3.66. The van der Waals surface area contributed by atoms with E-state index < -0.39 is 0 Å². The van der Waals surface area contributed by atoms with E-state index >= 15 is 0 Å². The summed E-state index contributed by atoms with van der Waals surface area (Å²) in [4.78, 5) is 15.4. The van der Waals surface area contributed by atoms with Crippen LogP contribution in [0.25, 0.3) is 0 Å². The molecular weight excluding hydrogens is 244 g/mol. The molecule has 5 heteroatoms. The Labute approximate surface area is 111 Å². The maximum Gasteiger partial charge on any atom is 0.337 e. The molecule has 0 aliphatic carbocycles. The molecule has 0 radical (unpaired) electrons. The van der Waals surface area contributed by atoms with Crippen molar-refractivity contribution in [2.75, 3.05) is 12.8 Å². The molecule has 1 heterocycles. The lowest BCUT2D eigenvalue weighted by Gasteiger charge is -2.08. The van der Waals surface area contributed by atoms with Gasteiger partial charge in [0.1, 0.15) is 5.75 Å². The average Bonchev–Trinajstić information content (AvgIpc) is 2.42. The highest BCUT2D eigenvalue weighted by molar-refractivity contribution is 5.89. The normalized spacial score (nSPS) is 10.0. The summed E-state index contributed by atoms with van der Waals surface area (Å²) in [6, 6.07) is 8.42. The van der Waals surface area contributed by atoms with Crippen LogP contribution >= 0.6 is 0 Å². The number of rotatable bonds is 3. The molecule has 0 fully saturated rings. The zero-order valence-corrected chi connectivity index (χ0v) is 10.7. The fraction of sp³-hybridized carbons (Fsp3) is 0.143. The van der Waals surface area contributed by atoms with Crippen LogP contribution in [0.2, 0.25) is 0 Å². The molecule has 2 N–H and O–H groups in total. The number of nitrogens with two attached hydrogens (primary N) is 1. The van der Waals surface area contributed by atoms with Crippen molar-refractivity contribution >= 4 is 11.7 Å². The summed E-state index contributed by atoms with van der Waals surface area (Å²) in [5.41, 5.74) is 7.52. The molecule has 0 bridgehead atoms. The first-order valence-electron chi connectivity index (χ1n) is 5.68. The van der Waals surface area contributed by atoms with Crippen molar-refractivity contribution in [3.05, 3.63) is 47.7 Å². The Balaban J connectivity index is 2.17. The van der Waals surface area contributed by atoms with Crippen molar-refractivity contribution in [3.63, 3.8) is 0 Å². The summed E-state index contributed by atoms with van der Waals surface area (Å²) in [6.45, 7) is 1.86. The standard InChI is InChI=1S/C14H14N2O3/c1-9-7-11(15)8-16-13(9)19-12-5-3-10(4-6-12)14(17)18-2/h3-8H,15H2,1-2H3. The summed E-state index contributed by atoms with van der Waals surface area (Å²) in [7, 11) is 1.34. The highest BCUT2D eigenvalue weighted by atomic mass is 16.5. The Bertz CT molecular complexity index is 594. The topological polar surface area (TPSA) is 74.4 Å². The number of aromatic nitrogens is 1. The van der Waals surface area contributed by atoms with Crippen LogP contribution in [0.1, 0.15) is 15.9 Å². The molecule has 0 unspecified atom stereocenters. The second-order valence-corrected chi connectivity index (χ2v) is 4.01. The highest BCUT2D eigenvalue weighted by Gasteiger charge is 2.07. The summed E-state index contributed by atoms with van der Waals surface area (Å²) in [6.07, 6.45) is 1.53. The van der Waals surface area contributed by atoms with Gasteiger partial charge < -0.3 is 15.2 Å². The zero-order valence-electron chi connectivity index (χ0n) is 10.7. The minimum Gasteiger partial charge on any atom is -0.465 e. The number of carbonyl (C=O) groups excluding carboxylic acids is 1. The van der Waals surface area contributed by atoms with Crippen molar-refractivity contribution in [1.82, 2.24) is 4.98 Å². The minimum absolute atomic E-state index is 0.381. The van der Waals surface area contributed by atoms with E-state index in [1.165, 1.54) is 13.3 Å². The van der Waals surface area contributed by atoms with Crippen molar-refractivity contribution in [3.8, 4) is 11.6 Å². The van der Waals surface area contributed by atoms with Gasteiger partial charge in [-0.25, -0.2) is 9.78 Å². The lowest BCUT2D eigenvalue weighted by molar-refractivity contribution is 0.0600. The molecule has 0 saturated carbocycles. The second-order valence-electron chi connectivity index (χ2n) is 4.01. The van der Waals surface area contributed by atoms with E-state index in [1.54, 1.807) is 30.3 Å². The van der Waals surface area contributed by atoms with E-state index in [-0.39, 0.29) is 5.97 Å². The number of nitrogens with zero attached hydrogens (tertiary/aromatic N) is 1. The maximum atomic E-state index is 11.3. The van der Waals surface area contributed by atoms with Gasteiger partial charge >= 0.3 is 5.97 Å². The highest BCUT2D eigenvalue weighted by Crippen LogP contribution is 2.24. The van der Waals surface area contributed by atoms with Gasteiger partial charge in [-0.3, -0.25) is 0 Å². The van der Waals surface area contributed by atoms with Gasteiger partial charge in [0.2, 0.25) is 5.88 Å². The number of aryl methyl sites for hydroxylation is 1. The van der Waals surface area contributed by atoms with Crippen molar-refractivity contribution in [2.45, 2.75) is 6.92 Å². The van der Waals surface area contributed by atoms with Gasteiger partial charge in [0.15, 0.2) is 0 Å². The molecule has 1 aromatic carbocycles. The number of carbonyl (C=O) groups is 1. The summed E-state index contributed by atoms with van der Waals surface area (Å²) >= 11 is 0. The lowest BCUT2D eigenvalue weighted by Crippen LogP contribution is -2.00. The van der Waals surface area contributed by atoms with Gasteiger partial charge in [-0.15, -0.1) is 0 Å². The molecule has 98 valence electrons. The molecular formula is C14H14N2O3. The fourth-order valence-electron chi connectivity index (χ4n) is 1.58. The molecule has 1 aromatic heterocycles. The molecule has 0 aliphatic heterocycles. The minimum atomic E-state index is -0.381. The van der Waals surface area contributed by atoms with Crippen LogP contribution in [0.5, 0.6) is 11.6 Å². The van der Waals surface area contributed by atoms with E-state index in [9.17, 15) is 4.79 Å². The molecule has 0 aliphatic rings. The molecule has 19 heavy (non-hydrogen) atoms. The summed E-state index contributed by atoms with van der Waals surface area (Å²) < 4.78 is 10.2. The van der Waals surface area contributed by atoms with Gasteiger partial charge in [0, 0.05) is 5.56 Å². The zero-order chi connectivity index (χ0) is 13.8. The Hall–Kier alpha value is -2.56. The van der Waals surface area contributed by atoms with Crippen LogP contribution in [0.4, 0.5) is 5.69 Å². The number of hydrogen-bond acceptors (Lipinski definition) is 5. The first kappa shape index (κ1) is 12.9. The molecule has 0 atom stereocenters. The number of esters is 1.